The number of aromatic amines is 1. The van der Waals surface area contributed by atoms with Crippen molar-refractivity contribution >= 4 is 29.5 Å². The summed E-state index contributed by atoms with van der Waals surface area (Å²) in [4.78, 5) is 13.4. The van der Waals surface area contributed by atoms with Crippen LogP contribution >= 0.6 is 23.6 Å². The Bertz CT molecular complexity index is 1170. The highest BCUT2D eigenvalue weighted by Crippen LogP contribution is 2.22. The van der Waals surface area contributed by atoms with Crippen molar-refractivity contribution in [1.29, 1.82) is 0 Å². The lowest BCUT2D eigenvalue weighted by molar-refractivity contribution is -0.121. The molecule has 0 radical (unpaired) electrons. The molecule has 1 amide bonds. The van der Waals surface area contributed by atoms with Gasteiger partial charge in [0.1, 0.15) is 6.54 Å². The molecule has 0 fully saturated rings. The van der Waals surface area contributed by atoms with Gasteiger partial charge in [-0.3, -0.25) is 14.5 Å². The van der Waals surface area contributed by atoms with Gasteiger partial charge in [-0.05, 0) is 40.4 Å². The molecule has 4 rings (SSSR count). The number of nitrogens with one attached hydrogen (secondary N) is 2. The average Bonchev–Trinajstić information content (AvgIpc) is 3.44. The van der Waals surface area contributed by atoms with Crippen molar-refractivity contribution in [3.05, 3.63) is 93.6 Å². The van der Waals surface area contributed by atoms with E-state index in [1.54, 1.807) is 15.9 Å². The van der Waals surface area contributed by atoms with Gasteiger partial charge in [0, 0.05) is 6.54 Å². The first-order valence-corrected chi connectivity index (χ1v) is 11.1. The molecule has 0 spiro atoms. The number of amides is 1. The molecule has 4 aromatic rings. The molecule has 0 aliphatic carbocycles. The van der Waals surface area contributed by atoms with E-state index in [1.165, 1.54) is 0 Å². The number of ether oxygens (including phenoxy) is 1. The predicted molar refractivity (Wildman–Crippen MR) is 124 cm³/mol. The van der Waals surface area contributed by atoms with Crippen LogP contribution in [0.3, 0.4) is 0 Å². The van der Waals surface area contributed by atoms with Crippen LogP contribution in [-0.2, 0) is 35.8 Å². The van der Waals surface area contributed by atoms with Gasteiger partial charge in [0.2, 0.25) is 5.91 Å². The molecule has 6 nitrogen and oxygen atoms in total. The van der Waals surface area contributed by atoms with E-state index in [0.717, 1.165) is 21.6 Å². The second-order valence-corrected chi connectivity index (χ2v) is 8.32. The largest absolute Gasteiger partial charge is 0.372 e. The number of carbonyl (C=O) groups is 1. The van der Waals surface area contributed by atoms with Crippen molar-refractivity contribution < 1.29 is 9.53 Å². The summed E-state index contributed by atoms with van der Waals surface area (Å²) in [5.74, 6) is 0.556. The molecule has 0 aliphatic heterocycles. The van der Waals surface area contributed by atoms with E-state index >= 15 is 0 Å². The Kier molecular flexibility index (Phi) is 7.03. The third-order valence-electron chi connectivity index (χ3n) is 4.69. The summed E-state index contributed by atoms with van der Waals surface area (Å²) in [6, 6.07) is 22.0. The number of benzene rings is 2. The summed E-state index contributed by atoms with van der Waals surface area (Å²) in [5.41, 5.74) is 3.27. The molecule has 0 atom stereocenters. The average molecular weight is 451 g/mol. The van der Waals surface area contributed by atoms with Crippen molar-refractivity contribution in [2.45, 2.75) is 26.3 Å². The number of aromatic nitrogens is 3. The Labute approximate surface area is 189 Å². The fourth-order valence-electron chi connectivity index (χ4n) is 3.07. The van der Waals surface area contributed by atoms with E-state index < -0.39 is 0 Å². The molecule has 0 aliphatic rings. The van der Waals surface area contributed by atoms with Crippen molar-refractivity contribution in [3.8, 4) is 10.7 Å². The molecule has 2 aromatic carbocycles. The normalized spacial score (nSPS) is 10.8. The SMILES string of the molecule is O=C(Cn1c(-c2cccs2)n[nH]c1=S)NCc1ccc(COCc2ccccc2)cc1. The van der Waals surface area contributed by atoms with E-state index in [9.17, 15) is 4.79 Å². The fourth-order valence-corrected chi connectivity index (χ4v) is 3.99. The molecule has 0 bridgehead atoms. The van der Waals surface area contributed by atoms with Crippen LogP contribution in [0.5, 0.6) is 0 Å². The van der Waals surface area contributed by atoms with Crippen molar-refractivity contribution in [1.82, 2.24) is 20.1 Å². The van der Waals surface area contributed by atoms with Gasteiger partial charge in [0.25, 0.3) is 0 Å². The Morgan fingerprint density at radius 2 is 1.71 bits per heavy atom. The lowest BCUT2D eigenvalue weighted by Crippen LogP contribution is -2.27. The van der Waals surface area contributed by atoms with Gasteiger partial charge in [0.15, 0.2) is 10.6 Å². The number of nitrogens with zero attached hydrogens (tertiary/aromatic N) is 2. The number of thiophene rings is 1. The molecule has 0 unspecified atom stereocenters. The van der Waals surface area contributed by atoms with Crippen LogP contribution < -0.4 is 5.32 Å². The zero-order chi connectivity index (χ0) is 21.5. The topological polar surface area (TPSA) is 71.9 Å². The molecule has 31 heavy (non-hydrogen) atoms. The summed E-state index contributed by atoms with van der Waals surface area (Å²) in [7, 11) is 0. The summed E-state index contributed by atoms with van der Waals surface area (Å²) < 4.78 is 7.91. The lowest BCUT2D eigenvalue weighted by atomic mass is 10.1. The first-order chi connectivity index (χ1) is 15.2. The molecule has 158 valence electrons. The van der Waals surface area contributed by atoms with Gasteiger partial charge in [-0.2, -0.15) is 5.10 Å². The summed E-state index contributed by atoms with van der Waals surface area (Å²) in [6.45, 7) is 1.70. The zero-order valence-corrected chi connectivity index (χ0v) is 18.4. The van der Waals surface area contributed by atoms with Crippen LogP contribution in [0.4, 0.5) is 0 Å². The van der Waals surface area contributed by atoms with Gasteiger partial charge in [-0.15, -0.1) is 11.3 Å². The standard InChI is InChI=1S/C23H22N4O2S2/c28-21(14-27-22(25-26-23(27)30)20-7-4-12-31-20)24-13-17-8-10-19(11-9-17)16-29-15-18-5-2-1-3-6-18/h1-12H,13-16H2,(H,24,28)(H,26,30). The molecule has 2 heterocycles. The smallest absolute Gasteiger partial charge is 0.240 e. The van der Waals surface area contributed by atoms with Crippen molar-refractivity contribution in [2.75, 3.05) is 0 Å². The number of hydrogen-bond donors (Lipinski definition) is 2. The summed E-state index contributed by atoms with van der Waals surface area (Å²) in [6.07, 6.45) is 0. The van der Waals surface area contributed by atoms with E-state index in [4.69, 9.17) is 17.0 Å². The zero-order valence-electron chi connectivity index (χ0n) is 16.8. The van der Waals surface area contributed by atoms with Crippen LogP contribution in [0.25, 0.3) is 10.7 Å². The first kappa shape index (κ1) is 21.2. The molecule has 2 aromatic heterocycles. The second-order valence-electron chi connectivity index (χ2n) is 6.99. The van der Waals surface area contributed by atoms with Gasteiger partial charge < -0.3 is 10.1 Å². The molecule has 0 saturated heterocycles. The Morgan fingerprint density at radius 1 is 1.00 bits per heavy atom. The van der Waals surface area contributed by atoms with E-state index in [-0.39, 0.29) is 12.5 Å². The highest BCUT2D eigenvalue weighted by atomic mass is 32.1. The second kappa shape index (κ2) is 10.3. The third kappa shape index (κ3) is 5.75. The predicted octanol–water partition coefficient (Wildman–Crippen LogP) is 4.70. The monoisotopic (exact) mass is 450 g/mol. The maximum absolute atomic E-state index is 12.5. The minimum absolute atomic E-state index is 0.119. The molecule has 2 N–H and O–H groups in total. The lowest BCUT2D eigenvalue weighted by Gasteiger charge is -2.09. The van der Waals surface area contributed by atoms with Crippen LogP contribution in [0.2, 0.25) is 0 Å². The molecular formula is C23H22N4O2S2. The minimum atomic E-state index is -0.120. The fraction of sp³-hybridized carbons (Fsp3) is 0.174. The van der Waals surface area contributed by atoms with Gasteiger partial charge in [-0.1, -0.05) is 60.7 Å². The number of rotatable bonds is 9. The van der Waals surface area contributed by atoms with Crippen molar-refractivity contribution in [2.24, 2.45) is 0 Å². The van der Waals surface area contributed by atoms with Gasteiger partial charge in [0.05, 0.1) is 18.1 Å². The molecular weight excluding hydrogens is 428 g/mol. The number of hydrogen-bond acceptors (Lipinski definition) is 5. The van der Waals surface area contributed by atoms with Gasteiger partial charge >= 0.3 is 0 Å². The highest BCUT2D eigenvalue weighted by molar-refractivity contribution is 7.71. The Morgan fingerprint density at radius 3 is 2.42 bits per heavy atom. The maximum atomic E-state index is 12.5. The summed E-state index contributed by atoms with van der Waals surface area (Å²) in [5, 5.41) is 11.9. The molecule has 0 saturated carbocycles. The van der Waals surface area contributed by atoms with Crippen LogP contribution in [0.15, 0.2) is 72.1 Å². The van der Waals surface area contributed by atoms with Crippen LogP contribution in [-0.4, -0.2) is 20.7 Å². The number of carbonyl (C=O) groups excluding carboxylic acids is 1. The quantitative estimate of drug-likeness (QED) is 0.363. The third-order valence-corrected chi connectivity index (χ3v) is 5.87. The van der Waals surface area contributed by atoms with E-state index in [2.05, 4.69) is 15.5 Å². The van der Waals surface area contributed by atoms with E-state index in [1.807, 2.05) is 72.1 Å². The van der Waals surface area contributed by atoms with Crippen molar-refractivity contribution in [3.63, 3.8) is 0 Å². The van der Waals surface area contributed by atoms with Crippen LogP contribution in [0.1, 0.15) is 16.7 Å². The minimum Gasteiger partial charge on any atom is -0.372 e. The Hall–Kier alpha value is -3.07. The number of H-pyrrole nitrogens is 1. The summed E-state index contributed by atoms with van der Waals surface area (Å²) >= 11 is 6.84. The van der Waals surface area contributed by atoms with Gasteiger partial charge in [-0.25, -0.2) is 0 Å². The van der Waals surface area contributed by atoms with Crippen LogP contribution in [0, 0.1) is 4.77 Å². The highest BCUT2D eigenvalue weighted by Gasteiger charge is 2.13. The maximum Gasteiger partial charge on any atom is 0.240 e. The Balaban J connectivity index is 1.26. The molecule has 8 heteroatoms. The van der Waals surface area contributed by atoms with E-state index in [0.29, 0.717) is 30.4 Å². The first-order valence-electron chi connectivity index (χ1n) is 9.84.